The lowest BCUT2D eigenvalue weighted by atomic mass is 9.77. The first kappa shape index (κ1) is 14.9. The van der Waals surface area contributed by atoms with Gasteiger partial charge in [0.15, 0.2) is 0 Å². The first-order valence-corrected chi connectivity index (χ1v) is 7.87. The zero-order valence-electron chi connectivity index (χ0n) is 12.5. The molecule has 1 aromatic carbocycles. The predicted octanol–water partition coefficient (Wildman–Crippen LogP) is 4.21. The van der Waals surface area contributed by atoms with Crippen molar-refractivity contribution < 1.29 is 13.9 Å². The van der Waals surface area contributed by atoms with E-state index in [0.717, 1.165) is 43.0 Å². The third kappa shape index (κ3) is 3.26. The number of pyridine rings is 1. The van der Waals surface area contributed by atoms with Crippen molar-refractivity contribution in [3.8, 4) is 0 Å². The fourth-order valence-electron chi connectivity index (χ4n) is 3.54. The van der Waals surface area contributed by atoms with Crippen LogP contribution in [0.5, 0.6) is 0 Å². The highest BCUT2D eigenvalue weighted by atomic mass is 19.1. The molecule has 1 saturated carbocycles. The summed E-state index contributed by atoms with van der Waals surface area (Å²) in [4.78, 5) is 14.5. The molecule has 1 fully saturated rings. The molecule has 3 rings (SSSR count). The van der Waals surface area contributed by atoms with Gasteiger partial charge >= 0.3 is 0 Å². The minimum absolute atomic E-state index is 0.207. The Bertz CT molecular complexity index is 651. The van der Waals surface area contributed by atoms with Crippen molar-refractivity contribution in [1.29, 1.82) is 0 Å². The van der Waals surface area contributed by atoms with Gasteiger partial charge in [-0.25, -0.2) is 4.39 Å². The summed E-state index contributed by atoms with van der Waals surface area (Å²) >= 11 is 0. The molecule has 0 spiro atoms. The number of hydrogen-bond donors (Lipinski definition) is 0. The number of nitrogens with zero attached hydrogens (tertiary/aromatic N) is 1. The molecular formula is C18H20FNO2. The standard InChI is InChI=1S/C18H20FNO2/c19-15-5-6-18-17(11-15)16(7-9-20-18)14-3-1-13(2-4-14)8-10-22-12-21/h5-7,9,11-14H,1-4,8,10H2. The third-order valence-corrected chi connectivity index (χ3v) is 4.74. The number of rotatable bonds is 5. The monoisotopic (exact) mass is 301 g/mol. The van der Waals surface area contributed by atoms with Crippen LogP contribution in [-0.4, -0.2) is 18.1 Å². The van der Waals surface area contributed by atoms with Gasteiger partial charge in [0.1, 0.15) is 5.82 Å². The van der Waals surface area contributed by atoms with Crippen molar-refractivity contribution in [2.24, 2.45) is 5.92 Å². The van der Waals surface area contributed by atoms with E-state index in [0.29, 0.717) is 24.9 Å². The molecule has 22 heavy (non-hydrogen) atoms. The maximum Gasteiger partial charge on any atom is 0.293 e. The van der Waals surface area contributed by atoms with Gasteiger partial charge in [0.05, 0.1) is 12.1 Å². The number of carbonyl (C=O) groups is 1. The van der Waals surface area contributed by atoms with Crippen molar-refractivity contribution in [2.75, 3.05) is 6.61 Å². The summed E-state index contributed by atoms with van der Waals surface area (Å²) in [6, 6.07) is 6.84. The molecule has 4 heteroatoms. The fraction of sp³-hybridized carbons (Fsp3) is 0.444. The average Bonchev–Trinajstić information content (AvgIpc) is 2.55. The normalized spacial score (nSPS) is 21.7. The molecule has 0 unspecified atom stereocenters. The molecule has 0 saturated heterocycles. The SMILES string of the molecule is O=COCCC1CCC(c2ccnc3ccc(F)cc23)CC1. The Hall–Kier alpha value is -1.97. The highest BCUT2D eigenvalue weighted by molar-refractivity contribution is 5.82. The molecule has 116 valence electrons. The lowest BCUT2D eigenvalue weighted by Crippen LogP contribution is -2.15. The molecule has 0 atom stereocenters. The summed E-state index contributed by atoms with van der Waals surface area (Å²) < 4.78 is 18.3. The molecular weight excluding hydrogens is 281 g/mol. The van der Waals surface area contributed by atoms with Crippen molar-refractivity contribution in [3.63, 3.8) is 0 Å². The molecule has 0 amide bonds. The second-order valence-electron chi connectivity index (χ2n) is 6.03. The van der Waals surface area contributed by atoms with E-state index in [2.05, 4.69) is 4.98 Å². The van der Waals surface area contributed by atoms with Crippen molar-refractivity contribution in [2.45, 2.75) is 38.0 Å². The van der Waals surface area contributed by atoms with Gasteiger partial charge in [-0.3, -0.25) is 9.78 Å². The maximum absolute atomic E-state index is 13.5. The number of ether oxygens (including phenoxy) is 1. The Morgan fingerprint density at radius 1 is 1.23 bits per heavy atom. The van der Waals surface area contributed by atoms with E-state index in [1.165, 1.54) is 11.6 Å². The Morgan fingerprint density at radius 3 is 2.82 bits per heavy atom. The summed E-state index contributed by atoms with van der Waals surface area (Å²) in [6.45, 7) is 1.03. The van der Waals surface area contributed by atoms with Gasteiger partial charge in [0.2, 0.25) is 0 Å². The first-order valence-electron chi connectivity index (χ1n) is 7.87. The first-order chi connectivity index (χ1) is 10.8. The smallest absolute Gasteiger partial charge is 0.293 e. The van der Waals surface area contributed by atoms with Gasteiger partial charge < -0.3 is 4.74 Å². The van der Waals surface area contributed by atoms with Gasteiger partial charge in [-0.15, -0.1) is 0 Å². The number of halogens is 1. The summed E-state index contributed by atoms with van der Waals surface area (Å²) in [6.07, 6.45) is 7.22. The van der Waals surface area contributed by atoms with Crippen molar-refractivity contribution >= 4 is 17.4 Å². The van der Waals surface area contributed by atoms with Gasteiger partial charge in [0, 0.05) is 11.6 Å². The molecule has 0 aliphatic heterocycles. The molecule has 0 radical (unpaired) electrons. The summed E-state index contributed by atoms with van der Waals surface area (Å²) in [5, 5.41) is 0.940. The number of benzene rings is 1. The largest absolute Gasteiger partial charge is 0.468 e. The Morgan fingerprint density at radius 2 is 2.05 bits per heavy atom. The lowest BCUT2D eigenvalue weighted by Gasteiger charge is -2.29. The van der Waals surface area contributed by atoms with Crippen LogP contribution in [0.25, 0.3) is 10.9 Å². The number of fused-ring (bicyclic) bond motifs is 1. The van der Waals surface area contributed by atoms with Crippen LogP contribution in [0.4, 0.5) is 4.39 Å². The van der Waals surface area contributed by atoms with Crippen LogP contribution in [-0.2, 0) is 9.53 Å². The summed E-state index contributed by atoms with van der Waals surface area (Å²) in [5.74, 6) is 0.887. The Labute approximate surface area is 129 Å². The molecule has 1 aliphatic rings. The topological polar surface area (TPSA) is 39.2 Å². The highest BCUT2D eigenvalue weighted by Crippen LogP contribution is 2.39. The number of hydrogen-bond acceptors (Lipinski definition) is 3. The number of aromatic nitrogens is 1. The molecule has 1 aromatic heterocycles. The quantitative estimate of drug-likeness (QED) is 0.613. The van der Waals surface area contributed by atoms with Crippen LogP contribution >= 0.6 is 0 Å². The van der Waals surface area contributed by atoms with E-state index in [9.17, 15) is 9.18 Å². The fourth-order valence-corrected chi connectivity index (χ4v) is 3.54. The second kappa shape index (κ2) is 6.86. The van der Waals surface area contributed by atoms with Crippen molar-refractivity contribution in [3.05, 3.63) is 41.8 Å². The average molecular weight is 301 g/mol. The molecule has 1 heterocycles. The zero-order valence-corrected chi connectivity index (χ0v) is 12.5. The van der Waals surface area contributed by atoms with E-state index in [4.69, 9.17) is 4.74 Å². The van der Waals surface area contributed by atoms with Gasteiger partial charge in [-0.05, 0) is 73.8 Å². The minimum Gasteiger partial charge on any atom is -0.468 e. The number of carbonyl (C=O) groups excluding carboxylic acids is 1. The van der Waals surface area contributed by atoms with E-state index in [1.807, 2.05) is 12.3 Å². The van der Waals surface area contributed by atoms with E-state index < -0.39 is 0 Å². The lowest BCUT2D eigenvalue weighted by molar-refractivity contribution is -0.129. The Kier molecular flexibility index (Phi) is 4.66. The van der Waals surface area contributed by atoms with Gasteiger partial charge in [0.25, 0.3) is 6.47 Å². The minimum atomic E-state index is -0.207. The van der Waals surface area contributed by atoms with Crippen LogP contribution < -0.4 is 0 Å². The van der Waals surface area contributed by atoms with E-state index in [1.54, 1.807) is 12.1 Å². The zero-order chi connectivity index (χ0) is 15.4. The molecule has 1 aliphatic carbocycles. The maximum atomic E-state index is 13.5. The van der Waals surface area contributed by atoms with Gasteiger partial charge in [-0.1, -0.05) is 0 Å². The van der Waals surface area contributed by atoms with Gasteiger partial charge in [-0.2, -0.15) is 0 Å². The molecule has 0 N–H and O–H groups in total. The second-order valence-corrected chi connectivity index (χ2v) is 6.03. The molecule has 0 bridgehead atoms. The Balaban J connectivity index is 1.71. The van der Waals surface area contributed by atoms with Crippen LogP contribution in [0.2, 0.25) is 0 Å². The third-order valence-electron chi connectivity index (χ3n) is 4.74. The predicted molar refractivity (Wildman–Crippen MR) is 83.0 cm³/mol. The van der Waals surface area contributed by atoms with Crippen LogP contribution in [0.15, 0.2) is 30.5 Å². The van der Waals surface area contributed by atoms with Crippen molar-refractivity contribution in [1.82, 2.24) is 4.98 Å². The van der Waals surface area contributed by atoms with Crippen LogP contribution in [0.1, 0.15) is 43.6 Å². The molecule has 3 nitrogen and oxygen atoms in total. The van der Waals surface area contributed by atoms with E-state index in [-0.39, 0.29) is 5.82 Å². The van der Waals surface area contributed by atoms with Crippen LogP contribution in [0.3, 0.4) is 0 Å². The van der Waals surface area contributed by atoms with Crippen LogP contribution in [0, 0.1) is 11.7 Å². The summed E-state index contributed by atoms with van der Waals surface area (Å²) in [7, 11) is 0. The highest BCUT2D eigenvalue weighted by Gasteiger charge is 2.23. The summed E-state index contributed by atoms with van der Waals surface area (Å²) in [5.41, 5.74) is 2.08. The molecule has 2 aromatic rings. The van der Waals surface area contributed by atoms with E-state index >= 15 is 0 Å².